The fourth-order valence-corrected chi connectivity index (χ4v) is 4.82. The highest BCUT2D eigenvalue weighted by molar-refractivity contribution is 6.12. The number of halogens is 2. The van der Waals surface area contributed by atoms with Crippen LogP contribution in [0.5, 0.6) is 0 Å². The maximum Gasteiger partial charge on any atom is 0.303 e. The van der Waals surface area contributed by atoms with Crippen LogP contribution in [0.2, 0.25) is 0 Å². The number of carbonyl (C=O) groups is 3. The monoisotopic (exact) mass is 420 g/mol. The van der Waals surface area contributed by atoms with Crippen LogP contribution in [0, 0.1) is 17.6 Å². The second kappa shape index (κ2) is 7.03. The van der Waals surface area contributed by atoms with E-state index in [4.69, 9.17) is 5.11 Å². The number of nitrogens with zero attached hydrogens (tertiary/aromatic N) is 2. The minimum atomic E-state index is -1.27. The van der Waals surface area contributed by atoms with Crippen molar-refractivity contribution in [1.29, 1.82) is 0 Å². The molecule has 2 heterocycles. The van der Waals surface area contributed by atoms with Gasteiger partial charge in [-0.25, -0.2) is 8.78 Å². The van der Waals surface area contributed by atoms with E-state index in [1.165, 1.54) is 11.0 Å². The van der Waals surface area contributed by atoms with Crippen LogP contribution in [0.4, 0.5) is 14.5 Å². The number of carboxylic acid groups (broad SMARTS) is 1. The summed E-state index contributed by atoms with van der Waals surface area (Å²) in [4.78, 5) is 39.8. The smallest absolute Gasteiger partial charge is 0.303 e. The van der Waals surface area contributed by atoms with Crippen LogP contribution in [-0.2, 0) is 19.8 Å². The van der Waals surface area contributed by atoms with Gasteiger partial charge >= 0.3 is 5.97 Å². The lowest BCUT2D eigenvalue weighted by molar-refractivity contribution is -0.139. The van der Waals surface area contributed by atoms with Crippen molar-refractivity contribution in [2.24, 2.45) is 5.92 Å². The van der Waals surface area contributed by atoms with Gasteiger partial charge in [0.15, 0.2) is 0 Å². The number of anilines is 1. The van der Waals surface area contributed by atoms with Crippen LogP contribution in [0.15, 0.2) is 6.07 Å². The minimum absolute atomic E-state index is 0.0101. The van der Waals surface area contributed by atoms with Gasteiger partial charge in [-0.2, -0.15) is 0 Å². The molecule has 1 aromatic rings. The van der Waals surface area contributed by atoms with Gasteiger partial charge in [-0.15, -0.1) is 0 Å². The SMILES string of the molecule is C[C@H](CC(=O)O)CN1CC[C@@H](N2C(=O)C(C)(C)c3c(F)c(C4CC4)cc(F)c32)C1=O. The Hall–Kier alpha value is -2.51. The highest BCUT2D eigenvalue weighted by Crippen LogP contribution is 2.51. The Morgan fingerprint density at radius 2 is 1.93 bits per heavy atom. The predicted molar refractivity (Wildman–Crippen MR) is 105 cm³/mol. The van der Waals surface area contributed by atoms with E-state index in [1.54, 1.807) is 20.8 Å². The molecule has 2 atom stereocenters. The van der Waals surface area contributed by atoms with Crippen molar-refractivity contribution in [3.05, 3.63) is 28.8 Å². The van der Waals surface area contributed by atoms with Crippen molar-refractivity contribution in [3.63, 3.8) is 0 Å². The van der Waals surface area contributed by atoms with Crippen LogP contribution in [-0.4, -0.2) is 46.9 Å². The second-order valence-electron chi connectivity index (χ2n) is 9.35. The topological polar surface area (TPSA) is 77.9 Å². The van der Waals surface area contributed by atoms with Gasteiger partial charge in [0, 0.05) is 25.1 Å². The van der Waals surface area contributed by atoms with Gasteiger partial charge in [-0.3, -0.25) is 19.3 Å². The lowest BCUT2D eigenvalue weighted by Gasteiger charge is -2.27. The number of rotatable bonds is 6. The minimum Gasteiger partial charge on any atom is -0.481 e. The molecule has 2 fully saturated rings. The first kappa shape index (κ1) is 20.8. The van der Waals surface area contributed by atoms with Crippen molar-refractivity contribution < 1.29 is 28.3 Å². The van der Waals surface area contributed by atoms with Gasteiger partial charge in [0.1, 0.15) is 17.7 Å². The lowest BCUT2D eigenvalue weighted by Crippen LogP contribution is -2.47. The lowest BCUT2D eigenvalue weighted by atomic mass is 9.84. The summed E-state index contributed by atoms with van der Waals surface area (Å²) < 4.78 is 30.5. The Labute approximate surface area is 173 Å². The van der Waals surface area contributed by atoms with E-state index in [1.807, 2.05) is 0 Å². The number of likely N-dealkylation sites (tertiary alicyclic amines) is 1. The summed E-state index contributed by atoms with van der Waals surface area (Å²) >= 11 is 0. The standard InChI is InChI=1S/C22H26F2N2O4/c1-11(8-16(27)28)10-25-7-6-15(20(25)29)26-19-14(23)9-13(12-4-5-12)18(24)17(19)22(2,3)21(26)30/h9,11-12,15H,4-8,10H2,1-3H3,(H,27,28)/t11-,15-/m1/s1. The normalized spacial score (nSPS) is 23.8. The number of amides is 2. The van der Waals surface area contributed by atoms with Crippen LogP contribution in [0.25, 0.3) is 0 Å². The summed E-state index contributed by atoms with van der Waals surface area (Å²) in [5.74, 6) is -3.25. The number of hydrogen-bond acceptors (Lipinski definition) is 3. The maximum absolute atomic E-state index is 15.3. The first-order chi connectivity index (χ1) is 14.0. The number of carbonyl (C=O) groups excluding carboxylic acids is 2. The average molecular weight is 420 g/mol. The molecule has 162 valence electrons. The van der Waals surface area contributed by atoms with Crippen molar-refractivity contribution >= 4 is 23.5 Å². The molecule has 8 heteroatoms. The van der Waals surface area contributed by atoms with Gasteiger partial charge in [0.2, 0.25) is 11.8 Å². The van der Waals surface area contributed by atoms with Gasteiger partial charge in [-0.05, 0) is 56.6 Å². The molecule has 3 aliphatic rings. The van der Waals surface area contributed by atoms with E-state index in [2.05, 4.69) is 0 Å². The first-order valence-electron chi connectivity index (χ1n) is 10.4. The first-order valence-corrected chi connectivity index (χ1v) is 10.4. The van der Waals surface area contributed by atoms with Crippen LogP contribution in [0.1, 0.15) is 63.5 Å². The molecule has 1 saturated carbocycles. The van der Waals surface area contributed by atoms with Gasteiger partial charge < -0.3 is 10.0 Å². The molecule has 0 aromatic heterocycles. The molecule has 30 heavy (non-hydrogen) atoms. The zero-order valence-corrected chi connectivity index (χ0v) is 17.4. The average Bonchev–Trinajstić information content (AvgIpc) is 3.39. The molecule has 1 N–H and O–H groups in total. The van der Waals surface area contributed by atoms with Gasteiger partial charge in [0.05, 0.1) is 11.1 Å². The molecule has 4 rings (SSSR count). The molecule has 1 aliphatic carbocycles. The van der Waals surface area contributed by atoms with E-state index in [9.17, 15) is 14.4 Å². The highest BCUT2D eigenvalue weighted by Gasteiger charge is 2.54. The molecule has 0 unspecified atom stereocenters. The van der Waals surface area contributed by atoms with E-state index in [-0.39, 0.29) is 42.0 Å². The number of aliphatic carboxylic acids is 1. The van der Waals surface area contributed by atoms with E-state index in [0.717, 1.165) is 17.7 Å². The Balaban J connectivity index is 1.67. The van der Waals surface area contributed by atoms with Crippen molar-refractivity contribution in [3.8, 4) is 0 Å². The third-order valence-corrected chi connectivity index (χ3v) is 6.49. The molecular formula is C22H26F2N2O4. The molecule has 0 bridgehead atoms. The summed E-state index contributed by atoms with van der Waals surface area (Å²) in [6, 6.07) is 0.273. The molecule has 0 spiro atoms. The van der Waals surface area contributed by atoms with E-state index < -0.39 is 35.0 Å². The Morgan fingerprint density at radius 1 is 1.27 bits per heavy atom. The van der Waals surface area contributed by atoms with Crippen molar-refractivity contribution in [1.82, 2.24) is 4.90 Å². The molecule has 0 radical (unpaired) electrons. The molecular weight excluding hydrogens is 394 g/mol. The van der Waals surface area contributed by atoms with E-state index >= 15 is 8.78 Å². The zero-order valence-electron chi connectivity index (χ0n) is 17.4. The molecule has 6 nitrogen and oxygen atoms in total. The van der Waals surface area contributed by atoms with Gasteiger partial charge in [-0.1, -0.05) is 6.92 Å². The number of benzene rings is 1. The third kappa shape index (κ3) is 3.17. The number of carboxylic acids is 1. The largest absolute Gasteiger partial charge is 0.481 e. The summed E-state index contributed by atoms with van der Waals surface area (Å²) in [7, 11) is 0. The number of hydrogen-bond donors (Lipinski definition) is 1. The molecule has 2 amide bonds. The van der Waals surface area contributed by atoms with E-state index in [0.29, 0.717) is 18.5 Å². The molecule has 2 aliphatic heterocycles. The highest BCUT2D eigenvalue weighted by atomic mass is 19.1. The quantitative estimate of drug-likeness (QED) is 0.767. The number of fused-ring (bicyclic) bond motifs is 1. The maximum atomic E-state index is 15.3. The van der Waals surface area contributed by atoms with Crippen molar-refractivity contribution in [2.75, 3.05) is 18.0 Å². The summed E-state index contributed by atoms with van der Waals surface area (Å²) in [5, 5.41) is 8.94. The Kier molecular flexibility index (Phi) is 4.86. The predicted octanol–water partition coefficient (Wildman–Crippen LogP) is 3.18. The second-order valence-corrected chi connectivity index (χ2v) is 9.35. The molecule has 1 saturated heterocycles. The van der Waals surface area contributed by atoms with Gasteiger partial charge in [0.25, 0.3) is 0 Å². The summed E-state index contributed by atoms with van der Waals surface area (Å²) in [6.45, 7) is 5.47. The summed E-state index contributed by atoms with van der Waals surface area (Å²) in [5.41, 5.74) is -1.03. The third-order valence-electron chi connectivity index (χ3n) is 6.49. The fraction of sp³-hybridized carbons (Fsp3) is 0.591. The molecule has 1 aromatic carbocycles. The Morgan fingerprint density at radius 3 is 2.53 bits per heavy atom. The van der Waals surface area contributed by atoms with Crippen molar-refractivity contribution in [2.45, 2.75) is 63.8 Å². The summed E-state index contributed by atoms with van der Waals surface area (Å²) in [6.07, 6.45) is 1.83. The van der Waals surface area contributed by atoms with Crippen LogP contribution < -0.4 is 4.90 Å². The fourth-order valence-electron chi connectivity index (χ4n) is 4.82. The Bertz CT molecular complexity index is 942. The van der Waals surface area contributed by atoms with Crippen LogP contribution in [0.3, 0.4) is 0 Å². The van der Waals surface area contributed by atoms with Crippen LogP contribution >= 0.6 is 0 Å². The zero-order chi connectivity index (χ0) is 22.0.